The highest BCUT2D eigenvalue weighted by Crippen LogP contribution is 2.25. The van der Waals surface area contributed by atoms with Gasteiger partial charge in [0.15, 0.2) is 9.84 Å². The van der Waals surface area contributed by atoms with Crippen molar-refractivity contribution in [3.63, 3.8) is 0 Å². The molecular weight excluding hydrogens is 299 g/mol. The van der Waals surface area contributed by atoms with Crippen molar-refractivity contribution in [3.8, 4) is 0 Å². The molecular formula is C13H17FN2O4S. The first-order chi connectivity index (χ1) is 9.82. The van der Waals surface area contributed by atoms with Gasteiger partial charge in [-0.3, -0.25) is 0 Å². The highest BCUT2D eigenvalue weighted by Gasteiger charge is 2.28. The van der Waals surface area contributed by atoms with Crippen molar-refractivity contribution in [1.29, 1.82) is 0 Å². The average molecular weight is 316 g/mol. The number of hydrogen-bond donors (Lipinski definition) is 2. The van der Waals surface area contributed by atoms with Crippen molar-refractivity contribution in [3.05, 3.63) is 23.5 Å². The van der Waals surface area contributed by atoms with Crippen LogP contribution >= 0.6 is 0 Å². The van der Waals surface area contributed by atoms with Crippen LogP contribution in [0, 0.1) is 5.82 Å². The van der Waals surface area contributed by atoms with E-state index in [2.05, 4.69) is 5.32 Å². The molecule has 0 saturated carbocycles. The molecule has 6 nitrogen and oxygen atoms in total. The average Bonchev–Trinajstić information content (AvgIpc) is 2.72. The van der Waals surface area contributed by atoms with E-state index in [-0.39, 0.29) is 41.1 Å². The Morgan fingerprint density at radius 1 is 1.52 bits per heavy atom. The minimum Gasteiger partial charge on any atom is -0.462 e. The van der Waals surface area contributed by atoms with Gasteiger partial charge in [0.25, 0.3) is 0 Å². The maximum atomic E-state index is 13.9. The fourth-order valence-corrected chi connectivity index (χ4v) is 3.89. The SMILES string of the molecule is CCOC(=O)c1cc(NC2CCS(=O)(=O)C2)c(F)cc1N. The molecule has 1 aliphatic rings. The predicted octanol–water partition coefficient (Wildman–Crippen LogP) is 1.18. The Bertz CT molecular complexity index is 660. The quantitative estimate of drug-likeness (QED) is 0.639. The first-order valence-corrected chi connectivity index (χ1v) is 8.37. The zero-order chi connectivity index (χ0) is 15.6. The summed E-state index contributed by atoms with van der Waals surface area (Å²) >= 11 is 0. The molecule has 1 aliphatic heterocycles. The normalized spacial score (nSPS) is 20.2. The first kappa shape index (κ1) is 15.6. The van der Waals surface area contributed by atoms with Crippen molar-refractivity contribution >= 4 is 27.2 Å². The van der Waals surface area contributed by atoms with Crippen LogP contribution < -0.4 is 11.1 Å². The van der Waals surface area contributed by atoms with Gasteiger partial charge in [-0.2, -0.15) is 0 Å². The molecule has 3 N–H and O–H groups in total. The zero-order valence-electron chi connectivity index (χ0n) is 11.6. The third-order valence-electron chi connectivity index (χ3n) is 3.23. The third kappa shape index (κ3) is 3.63. The number of nitrogen functional groups attached to an aromatic ring is 1. The lowest BCUT2D eigenvalue weighted by Gasteiger charge is -2.15. The number of esters is 1. The lowest BCUT2D eigenvalue weighted by atomic mass is 10.1. The van der Waals surface area contributed by atoms with Crippen LogP contribution in [-0.4, -0.2) is 38.5 Å². The van der Waals surface area contributed by atoms with E-state index in [4.69, 9.17) is 10.5 Å². The van der Waals surface area contributed by atoms with Crippen LogP contribution in [0.3, 0.4) is 0 Å². The number of carbonyl (C=O) groups excluding carboxylic acids is 1. The highest BCUT2D eigenvalue weighted by atomic mass is 32.2. The smallest absolute Gasteiger partial charge is 0.340 e. The Kier molecular flexibility index (Phi) is 4.36. The largest absolute Gasteiger partial charge is 0.462 e. The van der Waals surface area contributed by atoms with Crippen molar-refractivity contribution in [2.75, 3.05) is 29.2 Å². The molecule has 1 atom stereocenters. The molecule has 0 spiro atoms. The van der Waals surface area contributed by atoms with Crippen molar-refractivity contribution in [1.82, 2.24) is 0 Å². The summed E-state index contributed by atoms with van der Waals surface area (Å²) in [5, 5.41) is 2.81. The maximum absolute atomic E-state index is 13.9. The maximum Gasteiger partial charge on any atom is 0.340 e. The number of nitrogens with one attached hydrogen (secondary N) is 1. The summed E-state index contributed by atoms with van der Waals surface area (Å²) in [6.45, 7) is 1.83. The molecule has 0 aromatic heterocycles. The van der Waals surface area contributed by atoms with Gasteiger partial charge in [0.2, 0.25) is 0 Å². The summed E-state index contributed by atoms with van der Waals surface area (Å²) in [4.78, 5) is 11.7. The number of rotatable bonds is 4. The molecule has 8 heteroatoms. The molecule has 0 amide bonds. The second kappa shape index (κ2) is 5.88. The molecule has 0 radical (unpaired) electrons. The number of carbonyl (C=O) groups is 1. The molecule has 1 heterocycles. The van der Waals surface area contributed by atoms with E-state index in [1.807, 2.05) is 0 Å². The van der Waals surface area contributed by atoms with E-state index in [1.54, 1.807) is 6.92 Å². The van der Waals surface area contributed by atoms with Crippen LogP contribution in [0.25, 0.3) is 0 Å². The van der Waals surface area contributed by atoms with Gasteiger partial charge < -0.3 is 15.8 Å². The minimum atomic E-state index is -3.07. The Hall–Kier alpha value is -1.83. The van der Waals surface area contributed by atoms with Gasteiger partial charge >= 0.3 is 5.97 Å². The third-order valence-corrected chi connectivity index (χ3v) is 4.99. The molecule has 0 aliphatic carbocycles. The zero-order valence-corrected chi connectivity index (χ0v) is 12.4. The summed E-state index contributed by atoms with van der Waals surface area (Å²) in [7, 11) is -3.07. The molecule has 1 fully saturated rings. The lowest BCUT2D eigenvalue weighted by molar-refractivity contribution is 0.0527. The number of benzene rings is 1. The van der Waals surface area contributed by atoms with Crippen LogP contribution in [0.4, 0.5) is 15.8 Å². The van der Waals surface area contributed by atoms with Crippen LogP contribution in [0.2, 0.25) is 0 Å². The van der Waals surface area contributed by atoms with Crippen LogP contribution in [-0.2, 0) is 14.6 Å². The second-order valence-corrected chi connectivity index (χ2v) is 7.11. The second-order valence-electron chi connectivity index (χ2n) is 4.88. The van der Waals surface area contributed by atoms with E-state index < -0.39 is 21.6 Å². The van der Waals surface area contributed by atoms with Gasteiger partial charge in [-0.15, -0.1) is 0 Å². The van der Waals surface area contributed by atoms with Gasteiger partial charge in [0, 0.05) is 11.7 Å². The van der Waals surface area contributed by atoms with E-state index in [0.717, 1.165) is 6.07 Å². The van der Waals surface area contributed by atoms with Gasteiger partial charge in [0.1, 0.15) is 5.82 Å². The van der Waals surface area contributed by atoms with Crippen LogP contribution in [0.1, 0.15) is 23.7 Å². The summed E-state index contributed by atoms with van der Waals surface area (Å²) in [5.41, 5.74) is 5.70. The summed E-state index contributed by atoms with van der Waals surface area (Å²) < 4.78 is 41.5. The summed E-state index contributed by atoms with van der Waals surface area (Å²) in [6, 6.07) is 1.91. The van der Waals surface area contributed by atoms with E-state index in [9.17, 15) is 17.6 Å². The first-order valence-electron chi connectivity index (χ1n) is 6.55. The Morgan fingerprint density at radius 3 is 2.81 bits per heavy atom. The molecule has 1 unspecified atom stereocenters. The van der Waals surface area contributed by atoms with Crippen molar-refractivity contribution < 1.29 is 22.3 Å². The topological polar surface area (TPSA) is 98.5 Å². The molecule has 21 heavy (non-hydrogen) atoms. The Labute approximate surface area is 122 Å². The molecule has 1 aromatic rings. The van der Waals surface area contributed by atoms with E-state index in [1.165, 1.54) is 6.07 Å². The van der Waals surface area contributed by atoms with Gasteiger partial charge in [-0.1, -0.05) is 0 Å². The Morgan fingerprint density at radius 2 is 2.24 bits per heavy atom. The number of nitrogens with two attached hydrogens (primary N) is 1. The fraction of sp³-hybridized carbons (Fsp3) is 0.462. The number of sulfone groups is 1. The summed E-state index contributed by atoms with van der Waals surface area (Å²) in [6.07, 6.45) is 0.404. The lowest BCUT2D eigenvalue weighted by Crippen LogP contribution is -2.22. The minimum absolute atomic E-state index is 0.0180. The number of hydrogen-bond acceptors (Lipinski definition) is 6. The predicted molar refractivity (Wildman–Crippen MR) is 77.5 cm³/mol. The number of anilines is 2. The van der Waals surface area contributed by atoms with Crippen molar-refractivity contribution in [2.24, 2.45) is 0 Å². The van der Waals surface area contributed by atoms with E-state index in [0.29, 0.717) is 6.42 Å². The van der Waals surface area contributed by atoms with E-state index >= 15 is 0 Å². The monoisotopic (exact) mass is 316 g/mol. The molecule has 0 bridgehead atoms. The summed E-state index contributed by atoms with van der Waals surface area (Å²) in [5.74, 6) is -1.25. The van der Waals surface area contributed by atoms with Gasteiger partial charge in [-0.25, -0.2) is 17.6 Å². The molecule has 1 saturated heterocycles. The molecule has 1 aromatic carbocycles. The number of ether oxygens (including phenoxy) is 1. The van der Waals surface area contributed by atoms with Crippen LogP contribution in [0.15, 0.2) is 12.1 Å². The Balaban J connectivity index is 2.23. The standard InChI is InChI=1S/C13H17FN2O4S/c1-2-20-13(17)9-5-12(10(14)6-11(9)15)16-8-3-4-21(18,19)7-8/h5-6,8,16H,2-4,7,15H2,1H3. The molecule has 116 valence electrons. The van der Waals surface area contributed by atoms with Crippen molar-refractivity contribution in [2.45, 2.75) is 19.4 Å². The van der Waals surface area contributed by atoms with Gasteiger partial charge in [-0.05, 0) is 25.5 Å². The molecule has 2 rings (SSSR count). The fourth-order valence-electron chi connectivity index (χ4n) is 2.21. The van der Waals surface area contributed by atoms with Gasteiger partial charge in [0.05, 0.1) is 29.4 Å². The van der Waals surface area contributed by atoms with Crippen LogP contribution in [0.5, 0.6) is 0 Å². The highest BCUT2D eigenvalue weighted by molar-refractivity contribution is 7.91. The number of halogens is 1.